The van der Waals surface area contributed by atoms with Crippen LogP contribution in [0.3, 0.4) is 0 Å². The van der Waals surface area contributed by atoms with E-state index in [1.807, 2.05) is 44.2 Å². The number of hydrogen-bond acceptors (Lipinski definition) is 5. The van der Waals surface area contributed by atoms with Crippen molar-refractivity contribution in [1.82, 2.24) is 10.2 Å². The van der Waals surface area contributed by atoms with Crippen LogP contribution in [-0.2, 0) is 32.6 Å². The number of anilines is 1. The summed E-state index contributed by atoms with van der Waals surface area (Å²) in [7, 11) is -2.88. The summed E-state index contributed by atoms with van der Waals surface area (Å²) >= 11 is 0. The highest BCUT2D eigenvalue weighted by Crippen LogP contribution is 2.32. The average molecular weight is 632 g/mol. The molecule has 0 heterocycles. The highest BCUT2D eigenvalue weighted by Gasteiger charge is 2.36. The van der Waals surface area contributed by atoms with Crippen molar-refractivity contribution in [3.63, 3.8) is 0 Å². The van der Waals surface area contributed by atoms with Crippen LogP contribution in [0.4, 0.5) is 10.1 Å². The number of rotatable bonds is 14. The lowest BCUT2D eigenvalue weighted by atomic mass is 10.0. The van der Waals surface area contributed by atoms with E-state index in [0.29, 0.717) is 6.42 Å². The van der Waals surface area contributed by atoms with Gasteiger partial charge in [0.25, 0.3) is 10.0 Å². The van der Waals surface area contributed by atoms with E-state index < -0.39 is 40.2 Å². The van der Waals surface area contributed by atoms with Crippen molar-refractivity contribution in [3.05, 3.63) is 126 Å². The Bertz CT molecular complexity index is 1690. The minimum absolute atomic E-state index is 0.0280. The van der Waals surface area contributed by atoms with E-state index in [4.69, 9.17) is 4.74 Å². The molecular weight excluding hydrogens is 593 g/mol. The quantitative estimate of drug-likeness (QED) is 0.196. The summed E-state index contributed by atoms with van der Waals surface area (Å²) < 4.78 is 49.7. The van der Waals surface area contributed by atoms with E-state index in [1.165, 1.54) is 36.3 Å². The number of methoxy groups -OCH3 is 1. The molecule has 45 heavy (non-hydrogen) atoms. The third-order valence-electron chi connectivity index (χ3n) is 7.53. The lowest BCUT2D eigenvalue weighted by Gasteiger charge is -2.34. The van der Waals surface area contributed by atoms with Gasteiger partial charge in [-0.3, -0.25) is 13.9 Å². The monoisotopic (exact) mass is 631 g/mol. The molecule has 4 aromatic rings. The second-order valence-corrected chi connectivity index (χ2v) is 12.5. The van der Waals surface area contributed by atoms with Crippen LogP contribution in [0.25, 0.3) is 0 Å². The number of benzene rings is 4. The predicted octanol–water partition coefficient (Wildman–Crippen LogP) is 5.58. The molecule has 0 fully saturated rings. The Morgan fingerprint density at radius 3 is 2.11 bits per heavy atom. The molecule has 1 N–H and O–H groups in total. The zero-order valence-corrected chi connectivity index (χ0v) is 26.4. The largest absolute Gasteiger partial charge is 0.495 e. The van der Waals surface area contributed by atoms with Gasteiger partial charge in [-0.05, 0) is 49.2 Å². The summed E-state index contributed by atoms with van der Waals surface area (Å²) in [6, 6.07) is 28.2. The van der Waals surface area contributed by atoms with Crippen LogP contribution in [0.15, 0.2) is 114 Å². The number of nitrogens with zero attached hydrogens (tertiary/aromatic N) is 2. The van der Waals surface area contributed by atoms with Crippen molar-refractivity contribution < 1.29 is 27.1 Å². The molecule has 4 aromatic carbocycles. The third kappa shape index (κ3) is 8.27. The molecule has 0 bridgehead atoms. The van der Waals surface area contributed by atoms with Gasteiger partial charge in [0.1, 0.15) is 24.2 Å². The van der Waals surface area contributed by atoms with Gasteiger partial charge < -0.3 is 15.0 Å². The first-order valence-electron chi connectivity index (χ1n) is 14.7. The second-order valence-electron chi connectivity index (χ2n) is 10.6. The van der Waals surface area contributed by atoms with Crippen molar-refractivity contribution in [3.8, 4) is 5.75 Å². The molecule has 0 unspecified atom stereocenters. The Balaban J connectivity index is 1.84. The van der Waals surface area contributed by atoms with Gasteiger partial charge in [0.05, 0.1) is 17.7 Å². The first-order valence-corrected chi connectivity index (χ1v) is 16.2. The van der Waals surface area contributed by atoms with E-state index in [0.717, 1.165) is 9.87 Å². The molecule has 4 rings (SSSR count). The zero-order chi connectivity index (χ0) is 32.4. The van der Waals surface area contributed by atoms with Gasteiger partial charge >= 0.3 is 0 Å². The maximum absolute atomic E-state index is 15.0. The third-order valence-corrected chi connectivity index (χ3v) is 9.31. The lowest BCUT2D eigenvalue weighted by Crippen LogP contribution is -2.54. The number of carbonyl (C=O) groups excluding carboxylic acids is 2. The molecule has 0 radical (unpaired) electrons. The minimum atomic E-state index is -4.29. The summed E-state index contributed by atoms with van der Waals surface area (Å²) in [5, 5.41) is 2.97. The highest BCUT2D eigenvalue weighted by molar-refractivity contribution is 7.92. The molecule has 8 nitrogen and oxygen atoms in total. The minimum Gasteiger partial charge on any atom is -0.495 e. The van der Waals surface area contributed by atoms with Gasteiger partial charge in [0.2, 0.25) is 11.8 Å². The Labute approximate surface area is 264 Å². The lowest BCUT2D eigenvalue weighted by molar-refractivity contribution is -0.140. The first-order chi connectivity index (χ1) is 21.6. The molecule has 0 spiro atoms. The summed E-state index contributed by atoms with van der Waals surface area (Å²) in [6.07, 6.45) is 0.783. The molecule has 0 aliphatic carbocycles. The van der Waals surface area contributed by atoms with Crippen molar-refractivity contribution in [2.45, 2.75) is 50.2 Å². The van der Waals surface area contributed by atoms with E-state index in [1.54, 1.807) is 54.6 Å². The summed E-state index contributed by atoms with van der Waals surface area (Å²) in [5.41, 5.74) is 1.12. The van der Waals surface area contributed by atoms with Crippen LogP contribution < -0.4 is 14.4 Å². The van der Waals surface area contributed by atoms with Crippen molar-refractivity contribution in [2.75, 3.05) is 18.0 Å². The summed E-state index contributed by atoms with van der Waals surface area (Å²) in [6.45, 7) is 2.85. The number of hydrogen-bond donors (Lipinski definition) is 1. The summed E-state index contributed by atoms with van der Waals surface area (Å²) in [5.74, 6) is -1.42. The molecule has 0 aliphatic heterocycles. The number of nitrogens with one attached hydrogen (secondary N) is 1. The topological polar surface area (TPSA) is 96.0 Å². The normalized spacial score (nSPS) is 12.5. The molecule has 2 amide bonds. The van der Waals surface area contributed by atoms with Crippen LogP contribution in [0, 0.1) is 5.82 Å². The molecule has 2 atom stereocenters. The van der Waals surface area contributed by atoms with Gasteiger partial charge in [-0.25, -0.2) is 12.8 Å². The van der Waals surface area contributed by atoms with Gasteiger partial charge in [0.15, 0.2) is 0 Å². The predicted molar refractivity (Wildman–Crippen MR) is 173 cm³/mol. The smallest absolute Gasteiger partial charge is 0.264 e. The Morgan fingerprint density at radius 2 is 1.47 bits per heavy atom. The highest BCUT2D eigenvalue weighted by atomic mass is 32.2. The molecule has 0 aliphatic rings. The Hall–Kier alpha value is -4.70. The fourth-order valence-electron chi connectivity index (χ4n) is 4.87. The zero-order valence-electron chi connectivity index (χ0n) is 25.6. The maximum atomic E-state index is 15.0. The Morgan fingerprint density at radius 1 is 0.867 bits per heavy atom. The van der Waals surface area contributed by atoms with Gasteiger partial charge in [-0.15, -0.1) is 0 Å². The van der Waals surface area contributed by atoms with Crippen LogP contribution in [0.2, 0.25) is 0 Å². The Kier molecular flexibility index (Phi) is 11.3. The van der Waals surface area contributed by atoms with Crippen molar-refractivity contribution in [2.24, 2.45) is 0 Å². The van der Waals surface area contributed by atoms with Gasteiger partial charge in [-0.2, -0.15) is 0 Å². The number of carbonyl (C=O) groups is 2. The number of halogens is 1. The first kappa shape index (κ1) is 33.2. The van der Waals surface area contributed by atoms with Crippen molar-refractivity contribution in [1.29, 1.82) is 0 Å². The van der Waals surface area contributed by atoms with Crippen LogP contribution >= 0.6 is 0 Å². The standard InChI is InChI=1S/C35H38FN3O5S/c1-4-26(2)37-35(41)32(23-27-15-7-5-8-16-27)38(24-28-17-11-12-20-30(28)36)34(40)25-39(31-21-13-14-22-33(31)44-3)45(42,43)29-18-9-6-10-19-29/h5-22,26,32H,4,23-25H2,1-3H3,(H,37,41)/t26-,32-/m0/s1. The molecule has 0 saturated heterocycles. The average Bonchev–Trinajstić information content (AvgIpc) is 3.06. The van der Waals surface area contributed by atoms with Gasteiger partial charge in [0, 0.05) is 24.6 Å². The number of ether oxygens (including phenoxy) is 1. The van der Waals surface area contributed by atoms with E-state index in [-0.39, 0.29) is 40.9 Å². The van der Waals surface area contributed by atoms with E-state index >= 15 is 4.39 Å². The molecule has 0 saturated carbocycles. The number of para-hydroxylation sites is 2. The number of amides is 2. The number of sulfonamides is 1. The fourth-order valence-corrected chi connectivity index (χ4v) is 6.32. The van der Waals surface area contributed by atoms with Gasteiger partial charge in [-0.1, -0.05) is 85.8 Å². The summed E-state index contributed by atoms with van der Waals surface area (Å²) in [4.78, 5) is 29.6. The molecule has 236 valence electrons. The molecule has 10 heteroatoms. The second kappa shape index (κ2) is 15.3. The SMILES string of the molecule is CC[C@H](C)NC(=O)[C@H](Cc1ccccc1)N(Cc1ccccc1F)C(=O)CN(c1ccccc1OC)S(=O)(=O)c1ccccc1. The fraction of sp³-hybridized carbons (Fsp3) is 0.257. The van der Waals surface area contributed by atoms with E-state index in [9.17, 15) is 18.0 Å². The van der Waals surface area contributed by atoms with Crippen LogP contribution in [0.5, 0.6) is 5.75 Å². The van der Waals surface area contributed by atoms with Crippen LogP contribution in [-0.4, -0.2) is 50.9 Å². The maximum Gasteiger partial charge on any atom is 0.264 e. The van der Waals surface area contributed by atoms with E-state index in [2.05, 4.69) is 5.32 Å². The van der Waals surface area contributed by atoms with Crippen LogP contribution in [0.1, 0.15) is 31.4 Å². The van der Waals surface area contributed by atoms with Crippen molar-refractivity contribution >= 4 is 27.5 Å². The molecular formula is C35H38FN3O5S. The molecule has 0 aromatic heterocycles.